The first kappa shape index (κ1) is 11.5. The van der Waals surface area contributed by atoms with Gasteiger partial charge in [0.15, 0.2) is 0 Å². The fraction of sp³-hybridized carbons (Fsp3) is 0.250. The van der Waals surface area contributed by atoms with E-state index in [4.69, 9.17) is 7.49 Å². The number of rotatable bonds is 2. The molecule has 0 atom stereocenters. The molecule has 0 unspecified atom stereocenters. The Morgan fingerprint density at radius 2 is 1.81 bits per heavy atom. The van der Waals surface area contributed by atoms with Gasteiger partial charge in [0, 0.05) is 0 Å². The van der Waals surface area contributed by atoms with Crippen LogP contribution in [0.15, 0.2) is 39.5 Å². The van der Waals surface area contributed by atoms with Crippen LogP contribution < -0.4 is 8.70 Å². The van der Waals surface area contributed by atoms with Crippen molar-refractivity contribution in [3.8, 4) is 5.75 Å². The molecule has 16 heavy (non-hydrogen) atoms. The second-order valence-corrected chi connectivity index (χ2v) is 17.3. The zero-order valence-electron chi connectivity index (χ0n) is 9.61. The molecule has 84 valence electrons. The second kappa shape index (κ2) is 4.12. The van der Waals surface area contributed by atoms with Gasteiger partial charge in [-0.05, 0) is 0 Å². The molecule has 0 aliphatic rings. The molecular formula is C12H14O3Sn. The third kappa shape index (κ3) is 2.78. The van der Waals surface area contributed by atoms with Crippen molar-refractivity contribution in [3.63, 3.8) is 0 Å². The van der Waals surface area contributed by atoms with Crippen molar-refractivity contribution in [2.24, 2.45) is 0 Å². The van der Waals surface area contributed by atoms with E-state index in [9.17, 15) is 4.79 Å². The summed E-state index contributed by atoms with van der Waals surface area (Å²) in [6.07, 6.45) is 0. The third-order valence-electron chi connectivity index (χ3n) is 2.02. The van der Waals surface area contributed by atoms with E-state index in [0.29, 0.717) is 5.58 Å². The van der Waals surface area contributed by atoms with E-state index in [1.54, 1.807) is 12.1 Å². The number of benzene rings is 1. The Hall–Kier alpha value is -0.971. The maximum atomic E-state index is 11.1. The van der Waals surface area contributed by atoms with Gasteiger partial charge in [0.1, 0.15) is 0 Å². The van der Waals surface area contributed by atoms with Crippen LogP contribution in [-0.2, 0) is 0 Å². The van der Waals surface area contributed by atoms with Crippen LogP contribution in [0.25, 0.3) is 11.0 Å². The van der Waals surface area contributed by atoms with Gasteiger partial charge in [0.05, 0.1) is 0 Å². The van der Waals surface area contributed by atoms with Crippen LogP contribution in [0, 0.1) is 0 Å². The molecule has 2 rings (SSSR count). The van der Waals surface area contributed by atoms with Gasteiger partial charge in [-0.15, -0.1) is 0 Å². The zero-order chi connectivity index (χ0) is 11.8. The van der Waals surface area contributed by atoms with Crippen LogP contribution in [0.5, 0.6) is 5.75 Å². The van der Waals surface area contributed by atoms with Crippen LogP contribution in [0.2, 0.25) is 14.8 Å². The van der Waals surface area contributed by atoms with Crippen molar-refractivity contribution in [2.45, 2.75) is 14.8 Å². The average molecular weight is 325 g/mol. The molecule has 0 amide bonds. The predicted molar refractivity (Wildman–Crippen MR) is 66.5 cm³/mol. The predicted octanol–water partition coefficient (Wildman–Crippen LogP) is 3.01. The van der Waals surface area contributed by atoms with E-state index in [0.717, 1.165) is 11.1 Å². The topological polar surface area (TPSA) is 39.4 Å². The van der Waals surface area contributed by atoms with E-state index >= 15 is 0 Å². The monoisotopic (exact) mass is 326 g/mol. The van der Waals surface area contributed by atoms with Crippen molar-refractivity contribution < 1.29 is 7.49 Å². The molecule has 0 aliphatic carbocycles. The van der Waals surface area contributed by atoms with Crippen LogP contribution in [0.4, 0.5) is 0 Å². The third-order valence-corrected chi connectivity index (χ3v) is 4.44. The van der Waals surface area contributed by atoms with Crippen LogP contribution in [0.1, 0.15) is 0 Å². The molecule has 1 aromatic carbocycles. The molecule has 0 fully saturated rings. The van der Waals surface area contributed by atoms with E-state index in [1.165, 1.54) is 6.07 Å². The van der Waals surface area contributed by atoms with Crippen molar-refractivity contribution in [1.82, 2.24) is 0 Å². The summed E-state index contributed by atoms with van der Waals surface area (Å²) < 4.78 is 11.0. The fourth-order valence-corrected chi connectivity index (χ4v) is 3.84. The number of hydrogen-bond donors (Lipinski definition) is 0. The summed E-state index contributed by atoms with van der Waals surface area (Å²) in [5.41, 5.74) is 0.254. The Labute approximate surface area is 98.5 Å². The van der Waals surface area contributed by atoms with Gasteiger partial charge in [-0.2, -0.15) is 0 Å². The molecule has 0 bridgehead atoms. The summed E-state index contributed by atoms with van der Waals surface area (Å²) in [6.45, 7) is 0. The van der Waals surface area contributed by atoms with Gasteiger partial charge in [0.25, 0.3) is 0 Å². The normalized spacial score (nSPS) is 11.7. The fourth-order valence-electron chi connectivity index (χ4n) is 1.46. The number of fused-ring (bicyclic) bond motifs is 1. The van der Waals surface area contributed by atoms with Crippen molar-refractivity contribution in [2.75, 3.05) is 0 Å². The van der Waals surface area contributed by atoms with Gasteiger partial charge in [-0.1, -0.05) is 0 Å². The minimum absolute atomic E-state index is 0.330. The Morgan fingerprint density at radius 3 is 2.50 bits per heavy atom. The summed E-state index contributed by atoms with van der Waals surface area (Å²) >= 11 is -2.31. The Morgan fingerprint density at radius 1 is 1.12 bits per heavy atom. The first-order chi connectivity index (χ1) is 7.44. The number of hydrogen-bond acceptors (Lipinski definition) is 3. The van der Waals surface area contributed by atoms with Crippen molar-refractivity contribution in [3.05, 3.63) is 40.8 Å². The molecule has 0 N–H and O–H groups in total. The van der Waals surface area contributed by atoms with E-state index < -0.39 is 18.8 Å². The Kier molecular flexibility index (Phi) is 2.97. The maximum absolute atomic E-state index is 11.1. The van der Waals surface area contributed by atoms with Gasteiger partial charge in [-0.3, -0.25) is 0 Å². The van der Waals surface area contributed by atoms with Gasteiger partial charge in [0.2, 0.25) is 0 Å². The van der Waals surface area contributed by atoms with Crippen LogP contribution >= 0.6 is 0 Å². The minimum atomic E-state index is -2.31. The van der Waals surface area contributed by atoms with Crippen LogP contribution in [-0.4, -0.2) is 18.8 Å². The second-order valence-electron chi connectivity index (χ2n) is 4.67. The molecular weight excluding hydrogens is 311 g/mol. The molecule has 3 nitrogen and oxygen atoms in total. The molecule has 0 saturated carbocycles. The quantitative estimate of drug-likeness (QED) is 0.629. The van der Waals surface area contributed by atoms with Crippen molar-refractivity contribution >= 4 is 29.8 Å². The Balaban J connectivity index is 2.47. The molecule has 1 heterocycles. The first-order valence-electron chi connectivity index (χ1n) is 5.17. The zero-order valence-corrected chi connectivity index (χ0v) is 12.5. The standard InChI is InChI=1S/C9H6O3.3CH3.Sn/c10-7-3-1-6-2-4-9(11)12-8(6)5-7;;;;/h1-5,10H;3*1H3;/q;;;;+1/p-1. The van der Waals surface area contributed by atoms with E-state index in [-0.39, 0.29) is 5.63 Å². The molecule has 0 aliphatic heterocycles. The van der Waals surface area contributed by atoms with Crippen molar-refractivity contribution in [1.29, 1.82) is 0 Å². The summed E-state index contributed by atoms with van der Waals surface area (Å²) in [5, 5.41) is 0.913. The summed E-state index contributed by atoms with van der Waals surface area (Å²) in [5.74, 6) is 0.796. The molecule has 4 heteroatoms. The molecule has 0 saturated heterocycles. The van der Waals surface area contributed by atoms with Gasteiger partial charge < -0.3 is 0 Å². The van der Waals surface area contributed by atoms with E-state index in [1.807, 2.05) is 12.1 Å². The average Bonchev–Trinajstić information content (AvgIpc) is 2.14. The first-order valence-corrected chi connectivity index (χ1v) is 14.9. The SMILES string of the molecule is [CH3][Sn]([CH3])([CH3])[O]c1ccc2ccc(=O)oc2c1. The van der Waals surface area contributed by atoms with E-state index in [2.05, 4.69) is 14.8 Å². The van der Waals surface area contributed by atoms with Gasteiger partial charge >= 0.3 is 98.6 Å². The molecule has 1 aromatic heterocycles. The summed E-state index contributed by atoms with van der Waals surface area (Å²) in [4.78, 5) is 17.6. The van der Waals surface area contributed by atoms with Gasteiger partial charge in [-0.25, -0.2) is 0 Å². The molecule has 2 aromatic rings. The Bertz CT molecular complexity index is 566. The molecule has 0 radical (unpaired) electrons. The summed E-state index contributed by atoms with van der Waals surface area (Å²) in [7, 11) is 0. The van der Waals surface area contributed by atoms with Crippen LogP contribution in [0.3, 0.4) is 0 Å². The molecule has 0 spiro atoms. The summed E-state index contributed by atoms with van der Waals surface area (Å²) in [6, 6.07) is 8.80.